The summed E-state index contributed by atoms with van der Waals surface area (Å²) in [6.07, 6.45) is 1.53. The van der Waals surface area contributed by atoms with Crippen LogP contribution in [0.5, 0.6) is 0 Å². The fourth-order valence-electron chi connectivity index (χ4n) is 4.29. The molecule has 2 aromatic rings. The maximum atomic E-state index is 13.0. The molecule has 2 aliphatic heterocycles. The van der Waals surface area contributed by atoms with Gasteiger partial charge in [0.25, 0.3) is 0 Å². The summed E-state index contributed by atoms with van der Waals surface area (Å²) in [6.45, 7) is 1.99. The Morgan fingerprint density at radius 2 is 1.65 bits per heavy atom. The largest absolute Gasteiger partial charge is 0.352 e. The van der Waals surface area contributed by atoms with E-state index in [1.807, 2.05) is 47.4 Å². The van der Waals surface area contributed by atoms with Gasteiger partial charge in [-0.3, -0.25) is 14.4 Å². The first-order valence-corrected chi connectivity index (χ1v) is 11.1. The second-order valence-electron chi connectivity index (χ2n) is 8.18. The predicted molar refractivity (Wildman–Crippen MR) is 120 cm³/mol. The van der Waals surface area contributed by atoms with Crippen LogP contribution >= 0.6 is 11.6 Å². The standard InChI is InChI=1S/C24H26ClN3O3/c25-20-8-6-17(7-9-20)15-26-23(30)18-10-12-27(13-11-18)24(31)19-14-22(29)28(16-19)21-4-2-1-3-5-21/h1-9,18-19H,10-16H2,(H,26,30). The molecule has 1 atom stereocenters. The number of anilines is 1. The molecule has 0 saturated carbocycles. The number of hydrogen-bond acceptors (Lipinski definition) is 3. The molecule has 2 aromatic carbocycles. The molecular formula is C24H26ClN3O3. The van der Waals surface area contributed by atoms with Gasteiger partial charge < -0.3 is 15.1 Å². The number of hydrogen-bond donors (Lipinski definition) is 1. The topological polar surface area (TPSA) is 69.7 Å². The first-order chi connectivity index (χ1) is 15.0. The molecule has 7 heteroatoms. The molecule has 0 aromatic heterocycles. The fourth-order valence-corrected chi connectivity index (χ4v) is 4.41. The van der Waals surface area contributed by atoms with E-state index in [-0.39, 0.29) is 36.0 Å². The molecule has 0 radical (unpaired) electrons. The highest BCUT2D eigenvalue weighted by atomic mass is 35.5. The summed E-state index contributed by atoms with van der Waals surface area (Å²) in [5.74, 6) is -0.383. The van der Waals surface area contributed by atoms with E-state index in [0.29, 0.717) is 44.0 Å². The highest BCUT2D eigenvalue weighted by Crippen LogP contribution is 2.28. The molecule has 1 unspecified atom stereocenters. The second-order valence-corrected chi connectivity index (χ2v) is 8.62. The molecule has 31 heavy (non-hydrogen) atoms. The third kappa shape index (κ3) is 5.07. The lowest BCUT2D eigenvalue weighted by atomic mass is 9.94. The third-order valence-electron chi connectivity index (χ3n) is 6.10. The van der Waals surface area contributed by atoms with E-state index in [4.69, 9.17) is 11.6 Å². The first kappa shape index (κ1) is 21.4. The van der Waals surface area contributed by atoms with Crippen molar-refractivity contribution in [3.63, 3.8) is 0 Å². The Hall–Kier alpha value is -2.86. The van der Waals surface area contributed by atoms with Crippen LogP contribution in [0.15, 0.2) is 54.6 Å². The summed E-state index contributed by atoms with van der Waals surface area (Å²) >= 11 is 5.89. The first-order valence-electron chi connectivity index (χ1n) is 10.7. The number of carbonyl (C=O) groups is 3. The molecule has 0 bridgehead atoms. The minimum atomic E-state index is -0.317. The van der Waals surface area contributed by atoms with Crippen LogP contribution < -0.4 is 10.2 Å². The van der Waals surface area contributed by atoms with Crippen LogP contribution in [-0.4, -0.2) is 42.3 Å². The zero-order valence-electron chi connectivity index (χ0n) is 17.3. The molecule has 4 rings (SSSR count). The number of amides is 3. The molecule has 1 N–H and O–H groups in total. The van der Waals surface area contributed by atoms with Crippen molar-refractivity contribution in [3.05, 3.63) is 65.2 Å². The number of piperidine rings is 1. The second kappa shape index (κ2) is 9.52. The highest BCUT2D eigenvalue weighted by molar-refractivity contribution is 6.30. The maximum absolute atomic E-state index is 13.0. The summed E-state index contributed by atoms with van der Waals surface area (Å²) in [6, 6.07) is 16.9. The van der Waals surface area contributed by atoms with Gasteiger partial charge in [0.2, 0.25) is 17.7 Å². The molecule has 2 fully saturated rings. The number of nitrogens with zero attached hydrogens (tertiary/aromatic N) is 2. The van der Waals surface area contributed by atoms with Crippen LogP contribution in [0.1, 0.15) is 24.8 Å². The van der Waals surface area contributed by atoms with Crippen molar-refractivity contribution >= 4 is 35.0 Å². The van der Waals surface area contributed by atoms with Crippen molar-refractivity contribution in [2.24, 2.45) is 11.8 Å². The average Bonchev–Trinajstić information content (AvgIpc) is 3.20. The normalized spacial score (nSPS) is 19.5. The van der Waals surface area contributed by atoms with E-state index in [9.17, 15) is 14.4 Å². The number of likely N-dealkylation sites (tertiary alicyclic amines) is 1. The fraction of sp³-hybridized carbons (Fsp3) is 0.375. The van der Waals surface area contributed by atoms with Gasteiger partial charge in [-0.15, -0.1) is 0 Å². The van der Waals surface area contributed by atoms with Crippen LogP contribution in [0.3, 0.4) is 0 Å². The van der Waals surface area contributed by atoms with E-state index in [1.165, 1.54) is 0 Å². The summed E-state index contributed by atoms with van der Waals surface area (Å²) < 4.78 is 0. The van der Waals surface area contributed by atoms with Crippen LogP contribution in [-0.2, 0) is 20.9 Å². The minimum Gasteiger partial charge on any atom is -0.352 e. The van der Waals surface area contributed by atoms with Gasteiger partial charge in [0.15, 0.2) is 0 Å². The van der Waals surface area contributed by atoms with Gasteiger partial charge in [0.05, 0.1) is 5.92 Å². The summed E-state index contributed by atoms with van der Waals surface area (Å²) in [5, 5.41) is 3.65. The van der Waals surface area contributed by atoms with Gasteiger partial charge in [0.1, 0.15) is 0 Å². The number of rotatable bonds is 5. The van der Waals surface area contributed by atoms with E-state index in [1.54, 1.807) is 17.0 Å². The van der Waals surface area contributed by atoms with Crippen LogP contribution in [0.4, 0.5) is 5.69 Å². The third-order valence-corrected chi connectivity index (χ3v) is 6.35. The van der Waals surface area contributed by atoms with Gasteiger partial charge >= 0.3 is 0 Å². The summed E-state index contributed by atoms with van der Waals surface area (Å²) in [7, 11) is 0. The summed E-state index contributed by atoms with van der Waals surface area (Å²) in [4.78, 5) is 41.4. The zero-order valence-corrected chi connectivity index (χ0v) is 18.1. The van der Waals surface area contributed by atoms with Crippen LogP contribution in [0.2, 0.25) is 5.02 Å². The molecule has 162 valence electrons. The van der Waals surface area contributed by atoms with E-state index >= 15 is 0 Å². The van der Waals surface area contributed by atoms with E-state index < -0.39 is 0 Å². The molecule has 0 aliphatic carbocycles. The Labute approximate surface area is 187 Å². The predicted octanol–water partition coefficient (Wildman–Crippen LogP) is 3.25. The Bertz CT molecular complexity index is 940. The van der Waals surface area contributed by atoms with Crippen molar-refractivity contribution in [2.75, 3.05) is 24.5 Å². The molecule has 2 saturated heterocycles. The lowest BCUT2D eigenvalue weighted by Gasteiger charge is -2.33. The molecule has 2 aliphatic rings. The van der Waals surface area contributed by atoms with Crippen molar-refractivity contribution in [3.8, 4) is 0 Å². The van der Waals surface area contributed by atoms with Gasteiger partial charge in [-0.2, -0.15) is 0 Å². The van der Waals surface area contributed by atoms with Crippen molar-refractivity contribution in [1.29, 1.82) is 0 Å². The number of carbonyl (C=O) groups excluding carboxylic acids is 3. The number of nitrogens with one attached hydrogen (secondary N) is 1. The number of benzene rings is 2. The van der Waals surface area contributed by atoms with Crippen molar-refractivity contribution < 1.29 is 14.4 Å². The van der Waals surface area contributed by atoms with Gasteiger partial charge in [-0.1, -0.05) is 41.9 Å². The number of para-hydroxylation sites is 1. The monoisotopic (exact) mass is 439 g/mol. The average molecular weight is 440 g/mol. The smallest absolute Gasteiger partial charge is 0.228 e. The van der Waals surface area contributed by atoms with Crippen LogP contribution in [0, 0.1) is 11.8 Å². The lowest BCUT2D eigenvalue weighted by molar-refractivity contribution is -0.139. The van der Waals surface area contributed by atoms with Gasteiger partial charge in [-0.25, -0.2) is 0 Å². The Morgan fingerprint density at radius 1 is 0.968 bits per heavy atom. The van der Waals surface area contributed by atoms with Gasteiger partial charge in [-0.05, 0) is 42.7 Å². The van der Waals surface area contributed by atoms with Gasteiger partial charge in [0, 0.05) is 49.2 Å². The Balaban J connectivity index is 1.25. The van der Waals surface area contributed by atoms with E-state index in [0.717, 1.165) is 11.3 Å². The Morgan fingerprint density at radius 3 is 2.32 bits per heavy atom. The van der Waals surface area contributed by atoms with Crippen LogP contribution in [0.25, 0.3) is 0 Å². The van der Waals surface area contributed by atoms with Crippen molar-refractivity contribution in [2.45, 2.75) is 25.8 Å². The van der Waals surface area contributed by atoms with E-state index in [2.05, 4.69) is 5.32 Å². The Kier molecular flexibility index (Phi) is 6.56. The molecule has 2 heterocycles. The number of halogens is 1. The molecular weight excluding hydrogens is 414 g/mol. The molecule has 0 spiro atoms. The minimum absolute atomic E-state index is 0.0130. The maximum Gasteiger partial charge on any atom is 0.228 e. The lowest BCUT2D eigenvalue weighted by Crippen LogP contribution is -2.45. The molecule has 3 amide bonds. The quantitative estimate of drug-likeness (QED) is 0.777. The highest BCUT2D eigenvalue weighted by Gasteiger charge is 2.38. The zero-order chi connectivity index (χ0) is 21.8. The summed E-state index contributed by atoms with van der Waals surface area (Å²) in [5.41, 5.74) is 1.83. The SMILES string of the molecule is O=C(NCc1ccc(Cl)cc1)C1CCN(C(=O)C2CC(=O)N(c3ccccc3)C2)CC1. The van der Waals surface area contributed by atoms with Crippen molar-refractivity contribution in [1.82, 2.24) is 10.2 Å². The molecule has 6 nitrogen and oxygen atoms in total.